The zero-order chi connectivity index (χ0) is 21.1. The predicted octanol–water partition coefficient (Wildman–Crippen LogP) is 3.87. The minimum absolute atomic E-state index is 0.0296. The summed E-state index contributed by atoms with van der Waals surface area (Å²) in [5.74, 6) is 0.185. The molecule has 4 aromatic rings. The number of anilines is 1. The third-order valence-electron chi connectivity index (χ3n) is 4.24. The van der Waals surface area contributed by atoms with Gasteiger partial charge in [-0.2, -0.15) is 0 Å². The molecule has 0 unspecified atom stereocenters. The Balaban J connectivity index is 1.68. The molecule has 1 amide bonds. The molecule has 3 aromatic heterocycles. The SMILES string of the molecule is Cc1ccc(-n2c(SCC(=O)Nc3cccnc3Cl)nc3ccccc3c2=O)nc1. The summed E-state index contributed by atoms with van der Waals surface area (Å²) in [5.41, 5.74) is 1.72. The molecule has 9 heteroatoms. The van der Waals surface area contributed by atoms with E-state index in [-0.39, 0.29) is 22.4 Å². The number of pyridine rings is 2. The van der Waals surface area contributed by atoms with E-state index >= 15 is 0 Å². The number of thioether (sulfide) groups is 1. The van der Waals surface area contributed by atoms with Gasteiger partial charge >= 0.3 is 0 Å². The average molecular weight is 438 g/mol. The van der Waals surface area contributed by atoms with Crippen LogP contribution in [0.5, 0.6) is 0 Å². The van der Waals surface area contributed by atoms with E-state index in [2.05, 4.69) is 20.3 Å². The Hall–Kier alpha value is -3.23. The largest absolute Gasteiger partial charge is 0.323 e. The Morgan fingerprint density at radius 1 is 1.13 bits per heavy atom. The van der Waals surface area contributed by atoms with E-state index in [0.717, 1.165) is 17.3 Å². The Labute approximate surface area is 181 Å². The zero-order valence-corrected chi connectivity index (χ0v) is 17.4. The molecule has 7 nitrogen and oxygen atoms in total. The summed E-state index contributed by atoms with van der Waals surface area (Å²) in [6, 6.07) is 14.1. The van der Waals surface area contributed by atoms with Gasteiger partial charge < -0.3 is 5.32 Å². The van der Waals surface area contributed by atoms with E-state index in [4.69, 9.17) is 11.6 Å². The highest BCUT2D eigenvalue weighted by molar-refractivity contribution is 7.99. The van der Waals surface area contributed by atoms with Crippen LogP contribution in [0.2, 0.25) is 5.15 Å². The predicted molar refractivity (Wildman–Crippen MR) is 118 cm³/mol. The number of hydrogen-bond acceptors (Lipinski definition) is 6. The Morgan fingerprint density at radius 3 is 2.73 bits per heavy atom. The molecular formula is C21H16ClN5O2S. The lowest BCUT2D eigenvalue weighted by Crippen LogP contribution is -2.23. The molecule has 150 valence electrons. The average Bonchev–Trinajstić information content (AvgIpc) is 2.75. The van der Waals surface area contributed by atoms with Gasteiger partial charge in [0.15, 0.2) is 10.3 Å². The Bertz CT molecular complexity index is 1290. The van der Waals surface area contributed by atoms with E-state index in [1.54, 1.807) is 48.8 Å². The van der Waals surface area contributed by atoms with Crippen molar-refractivity contribution >= 4 is 45.9 Å². The molecule has 4 rings (SSSR count). The monoisotopic (exact) mass is 437 g/mol. The van der Waals surface area contributed by atoms with Gasteiger partial charge in [0, 0.05) is 12.4 Å². The molecule has 0 bridgehead atoms. The molecule has 1 aromatic carbocycles. The van der Waals surface area contributed by atoms with E-state index < -0.39 is 0 Å². The fourth-order valence-corrected chi connectivity index (χ4v) is 3.77. The number of fused-ring (bicyclic) bond motifs is 1. The van der Waals surface area contributed by atoms with Crippen LogP contribution >= 0.6 is 23.4 Å². The first kappa shape index (κ1) is 20.1. The number of aryl methyl sites for hydroxylation is 1. The highest BCUT2D eigenvalue weighted by Gasteiger charge is 2.16. The van der Waals surface area contributed by atoms with Crippen LogP contribution in [0.4, 0.5) is 5.69 Å². The van der Waals surface area contributed by atoms with Crippen LogP contribution < -0.4 is 10.9 Å². The van der Waals surface area contributed by atoms with E-state index in [0.29, 0.717) is 27.6 Å². The van der Waals surface area contributed by atoms with Crippen molar-refractivity contribution in [2.24, 2.45) is 0 Å². The summed E-state index contributed by atoms with van der Waals surface area (Å²) in [4.78, 5) is 38.5. The lowest BCUT2D eigenvalue weighted by atomic mass is 10.2. The summed E-state index contributed by atoms with van der Waals surface area (Å²) in [6.45, 7) is 1.92. The van der Waals surface area contributed by atoms with Crippen molar-refractivity contribution in [1.82, 2.24) is 19.5 Å². The van der Waals surface area contributed by atoms with E-state index in [9.17, 15) is 9.59 Å². The van der Waals surface area contributed by atoms with Gasteiger partial charge in [0.05, 0.1) is 22.3 Å². The number of nitrogens with zero attached hydrogens (tertiary/aromatic N) is 4. The first-order valence-corrected chi connectivity index (χ1v) is 10.4. The zero-order valence-electron chi connectivity index (χ0n) is 15.9. The topological polar surface area (TPSA) is 89.8 Å². The van der Waals surface area contributed by atoms with E-state index in [1.165, 1.54) is 4.57 Å². The summed E-state index contributed by atoms with van der Waals surface area (Å²) in [7, 11) is 0. The standard InChI is InChI=1S/C21H16ClN5O2S/c1-13-8-9-17(24-11-13)27-20(29)14-5-2-3-6-15(14)26-21(27)30-12-18(28)25-16-7-4-10-23-19(16)22/h2-11H,12H2,1H3,(H,25,28). The first-order valence-electron chi connectivity index (χ1n) is 9.01. The smallest absolute Gasteiger partial charge is 0.267 e. The number of rotatable bonds is 5. The molecule has 0 aliphatic carbocycles. The second-order valence-corrected chi connectivity index (χ2v) is 7.72. The van der Waals surface area contributed by atoms with Crippen molar-refractivity contribution < 1.29 is 4.79 Å². The van der Waals surface area contributed by atoms with Gasteiger partial charge in [0.2, 0.25) is 5.91 Å². The first-order chi connectivity index (χ1) is 14.5. The fraction of sp³-hybridized carbons (Fsp3) is 0.0952. The Kier molecular flexibility index (Phi) is 5.78. The maximum absolute atomic E-state index is 13.2. The van der Waals surface area contributed by atoms with Gasteiger partial charge in [-0.3, -0.25) is 9.59 Å². The molecule has 3 heterocycles. The van der Waals surface area contributed by atoms with Gasteiger partial charge in [-0.15, -0.1) is 0 Å². The van der Waals surface area contributed by atoms with Crippen molar-refractivity contribution in [1.29, 1.82) is 0 Å². The maximum Gasteiger partial charge on any atom is 0.267 e. The number of carbonyl (C=O) groups excluding carboxylic acids is 1. The Morgan fingerprint density at radius 2 is 1.97 bits per heavy atom. The molecule has 30 heavy (non-hydrogen) atoms. The normalized spacial score (nSPS) is 10.9. The highest BCUT2D eigenvalue weighted by atomic mass is 35.5. The van der Waals surface area contributed by atoms with E-state index in [1.807, 2.05) is 19.1 Å². The number of amides is 1. The van der Waals surface area contributed by atoms with Crippen LogP contribution in [-0.2, 0) is 4.79 Å². The molecule has 0 saturated carbocycles. The highest BCUT2D eigenvalue weighted by Crippen LogP contribution is 2.22. The number of halogens is 1. The van der Waals surface area contributed by atoms with Crippen molar-refractivity contribution in [2.75, 3.05) is 11.1 Å². The molecule has 0 aliphatic rings. The summed E-state index contributed by atoms with van der Waals surface area (Å²) < 4.78 is 1.43. The van der Waals surface area contributed by atoms with Gasteiger partial charge in [0.1, 0.15) is 5.82 Å². The minimum atomic E-state index is -0.291. The van der Waals surface area contributed by atoms with Crippen LogP contribution in [0.3, 0.4) is 0 Å². The second kappa shape index (κ2) is 8.64. The lowest BCUT2D eigenvalue weighted by molar-refractivity contribution is -0.113. The molecular weight excluding hydrogens is 422 g/mol. The van der Waals surface area contributed by atoms with Crippen molar-refractivity contribution in [2.45, 2.75) is 12.1 Å². The maximum atomic E-state index is 13.2. The third kappa shape index (κ3) is 4.19. The summed E-state index contributed by atoms with van der Waals surface area (Å²) in [6.07, 6.45) is 3.22. The molecule has 1 N–H and O–H groups in total. The molecule has 0 aliphatic heterocycles. The summed E-state index contributed by atoms with van der Waals surface area (Å²) in [5, 5.41) is 3.78. The minimum Gasteiger partial charge on any atom is -0.323 e. The van der Waals surface area contributed by atoms with Crippen LogP contribution in [0.1, 0.15) is 5.56 Å². The van der Waals surface area contributed by atoms with Crippen molar-refractivity contribution in [3.05, 3.63) is 82.0 Å². The van der Waals surface area contributed by atoms with Crippen LogP contribution in [-0.4, -0.2) is 31.2 Å². The van der Waals surface area contributed by atoms with Gasteiger partial charge in [0.25, 0.3) is 5.56 Å². The number of hydrogen-bond donors (Lipinski definition) is 1. The van der Waals surface area contributed by atoms with Crippen LogP contribution in [0.15, 0.2) is 70.9 Å². The lowest BCUT2D eigenvalue weighted by Gasteiger charge is -2.12. The van der Waals surface area contributed by atoms with Crippen LogP contribution in [0, 0.1) is 6.92 Å². The number of para-hydroxylation sites is 1. The fourth-order valence-electron chi connectivity index (χ4n) is 2.80. The number of benzene rings is 1. The van der Waals surface area contributed by atoms with Gasteiger partial charge in [-0.25, -0.2) is 19.5 Å². The molecule has 0 spiro atoms. The van der Waals surface area contributed by atoms with Crippen molar-refractivity contribution in [3.63, 3.8) is 0 Å². The third-order valence-corrected chi connectivity index (χ3v) is 5.48. The molecule has 0 saturated heterocycles. The molecule has 0 radical (unpaired) electrons. The van der Waals surface area contributed by atoms with Gasteiger partial charge in [-0.05, 0) is 42.8 Å². The second-order valence-electron chi connectivity index (χ2n) is 6.42. The summed E-state index contributed by atoms with van der Waals surface area (Å²) >= 11 is 7.14. The number of nitrogens with one attached hydrogen (secondary N) is 1. The van der Waals surface area contributed by atoms with Crippen LogP contribution in [0.25, 0.3) is 16.7 Å². The molecule has 0 fully saturated rings. The quantitative estimate of drug-likeness (QED) is 0.289. The number of aromatic nitrogens is 4. The molecule has 0 atom stereocenters. The van der Waals surface area contributed by atoms with Gasteiger partial charge in [-0.1, -0.05) is 41.6 Å². The number of carbonyl (C=O) groups is 1. The van der Waals surface area contributed by atoms with Crippen molar-refractivity contribution in [3.8, 4) is 5.82 Å².